The minimum absolute atomic E-state index is 0.137. The lowest BCUT2D eigenvalue weighted by Crippen LogP contribution is -2.31. The average Bonchev–Trinajstić information content (AvgIpc) is 3.05. The Morgan fingerprint density at radius 2 is 2.21 bits per heavy atom. The molecule has 1 aliphatic heterocycles. The maximum Gasteiger partial charge on any atom is 0.223 e. The van der Waals surface area contributed by atoms with Gasteiger partial charge in [-0.15, -0.1) is 0 Å². The highest BCUT2D eigenvalue weighted by Crippen LogP contribution is 2.47. The van der Waals surface area contributed by atoms with Crippen molar-refractivity contribution in [2.24, 2.45) is 5.92 Å². The molecule has 0 N–H and O–H groups in total. The number of aryl methyl sites for hydroxylation is 1. The van der Waals surface area contributed by atoms with E-state index in [0.29, 0.717) is 18.8 Å². The summed E-state index contributed by atoms with van der Waals surface area (Å²) in [6.07, 6.45) is 6.29. The van der Waals surface area contributed by atoms with Gasteiger partial charge in [-0.3, -0.25) is 9.78 Å². The Kier molecular flexibility index (Phi) is 4.13. The van der Waals surface area contributed by atoms with Gasteiger partial charge in [-0.25, -0.2) is 0 Å². The first-order valence-electron chi connectivity index (χ1n) is 9.01. The van der Waals surface area contributed by atoms with Gasteiger partial charge in [0.05, 0.1) is 11.7 Å². The molecule has 4 rings (SSSR count). The third kappa shape index (κ3) is 3.10. The molecule has 0 bridgehead atoms. The Labute approximate surface area is 142 Å². The third-order valence-corrected chi connectivity index (χ3v) is 5.34. The quantitative estimate of drug-likeness (QED) is 0.832. The molecule has 2 aliphatic rings. The van der Waals surface area contributed by atoms with Crippen molar-refractivity contribution in [3.8, 4) is 0 Å². The summed E-state index contributed by atoms with van der Waals surface area (Å²) >= 11 is 0. The van der Waals surface area contributed by atoms with E-state index >= 15 is 0 Å². The molecule has 2 fully saturated rings. The van der Waals surface area contributed by atoms with Gasteiger partial charge in [0.25, 0.3) is 0 Å². The van der Waals surface area contributed by atoms with Gasteiger partial charge in [0.2, 0.25) is 5.91 Å². The fourth-order valence-corrected chi connectivity index (χ4v) is 3.77. The fraction of sp³-hybridized carbons (Fsp3) is 0.500. The van der Waals surface area contributed by atoms with Gasteiger partial charge in [-0.1, -0.05) is 13.0 Å². The summed E-state index contributed by atoms with van der Waals surface area (Å²) in [6.45, 7) is 3.09. The smallest absolute Gasteiger partial charge is 0.223 e. The van der Waals surface area contributed by atoms with Crippen LogP contribution in [0, 0.1) is 5.92 Å². The molecule has 1 aliphatic carbocycles. The second-order valence-corrected chi connectivity index (χ2v) is 7.12. The number of aromatic nitrogens is 1. The van der Waals surface area contributed by atoms with Crippen molar-refractivity contribution in [3.63, 3.8) is 0 Å². The van der Waals surface area contributed by atoms with Crippen molar-refractivity contribution in [2.75, 3.05) is 6.54 Å². The molecule has 4 nitrogen and oxygen atoms in total. The van der Waals surface area contributed by atoms with Gasteiger partial charge >= 0.3 is 0 Å². The second-order valence-electron chi connectivity index (χ2n) is 7.12. The lowest BCUT2D eigenvalue weighted by atomic mass is 10.1. The van der Waals surface area contributed by atoms with E-state index in [4.69, 9.17) is 4.42 Å². The molecule has 0 radical (unpaired) electrons. The number of nitrogens with zero attached hydrogens (tertiary/aromatic N) is 2. The molecule has 1 saturated heterocycles. The average molecular weight is 324 g/mol. The van der Waals surface area contributed by atoms with E-state index in [1.165, 1.54) is 6.42 Å². The van der Waals surface area contributed by atoms with Crippen molar-refractivity contribution in [1.29, 1.82) is 0 Å². The van der Waals surface area contributed by atoms with Gasteiger partial charge < -0.3 is 9.32 Å². The number of carbonyl (C=O) groups is 1. The highest BCUT2D eigenvalue weighted by Gasteiger charge is 2.36. The van der Waals surface area contributed by atoms with Crippen molar-refractivity contribution in [1.82, 2.24) is 9.88 Å². The molecule has 4 heteroatoms. The number of hydrogen-bond donors (Lipinski definition) is 0. The molecule has 2 aromatic heterocycles. The number of rotatable bonds is 5. The molecule has 0 unspecified atom stereocenters. The van der Waals surface area contributed by atoms with Crippen LogP contribution in [-0.2, 0) is 11.2 Å². The number of likely N-dealkylation sites (tertiary alicyclic amines) is 1. The lowest BCUT2D eigenvalue weighted by Gasteiger charge is -2.24. The zero-order valence-corrected chi connectivity index (χ0v) is 14.1. The first-order chi connectivity index (χ1) is 11.7. The topological polar surface area (TPSA) is 46.3 Å². The van der Waals surface area contributed by atoms with Crippen molar-refractivity contribution in [3.05, 3.63) is 53.7 Å². The van der Waals surface area contributed by atoms with Crippen LogP contribution in [0.25, 0.3) is 0 Å². The minimum atomic E-state index is 0.137. The van der Waals surface area contributed by atoms with Gasteiger partial charge in [-0.2, -0.15) is 0 Å². The Morgan fingerprint density at radius 3 is 2.96 bits per heavy atom. The predicted octanol–water partition coefficient (Wildman–Crippen LogP) is 4.09. The maximum absolute atomic E-state index is 12.7. The van der Waals surface area contributed by atoms with Gasteiger partial charge in [0.1, 0.15) is 11.5 Å². The molecule has 0 spiro atoms. The first-order valence-corrected chi connectivity index (χ1v) is 9.01. The first kappa shape index (κ1) is 15.4. The van der Waals surface area contributed by atoms with Crippen LogP contribution in [0.1, 0.15) is 61.8 Å². The molecule has 24 heavy (non-hydrogen) atoms. The molecular weight excluding hydrogens is 300 g/mol. The van der Waals surface area contributed by atoms with E-state index in [1.807, 2.05) is 29.2 Å². The number of furan rings is 1. The largest absolute Gasteiger partial charge is 0.466 e. The van der Waals surface area contributed by atoms with E-state index in [-0.39, 0.29) is 11.9 Å². The van der Waals surface area contributed by atoms with Crippen LogP contribution in [0.3, 0.4) is 0 Å². The van der Waals surface area contributed by atoms with Gasteiger partial charge in [-0.05, 0) is 49.4 Å². The van der Waals surface area contributed by atoms with Crippen LogP contribution in [0.4, 0.5) is 0 Å². The maximum atomic E-state index is 12.7. The van der Waals surface area contributed by atoms with Crippen LogP contribution in [0.15, 0.2) is 40.9 Å². The number of amides is 1. The van der Waals surface area contributed by atoms with Crippen molar-refractivity contribution in [2.45, 2.75) is 51.0 Å². The summed E-state index contributed by atoms with van der Waals surface area (Å²) in [5.41, 5.74) is 1.01. The second kappa shape index (κ2) is 6.42. The zero-order chi connectivity index (χ0) is 16.5. The molecular formula is C20H24N2O2. The zero-order valence-electron chi connectivity index (χ0n) is 14.1. The molecule has 3 atom stereocenters. The molecule has 1 amide bonds. The monoisotopic (exact) mass is 324 g/mol. The van der Waals surface area contributed by atoms with E-state index < -0.39 is 0 Å². The molecule has 2 aromatic rings. The Hall–Kier alpha value is -2.10. The summed E-state index contributed by atoms with van der Waals surface area (Å²) in [5.74, 6) is 3.58. The SMILES string of the molecule is C[C@@H]1C[C@@H]1c1ccc(CCC(=O)N2CCC[C@@H]2c2ccccn2)o1. The minimum Gasteiger partial charge on any atom is -0.466 e. The number of hydrogen-bond acceptors (Lipinski definition) is 3. The van der Waals surface area contributed by atoms with E-state index in [9.17, 15) is 4.79 Å². The van der Waals surface area contributed by atoms with E-state index in [1.54, 1.807) is 6.20 Å². The lowest BCUT2D eigenvalue weighted by molar-refractivity contribution is -0.132. The molecule has 1 saturated carbocycles. The van der Waals surface area contributed by atoms with Crippen LogP contribution < -0.4 is 0 Å². The predicted molar refractivity (Wildman–Crippen MR) is 91.5 cm³/mol. The van der Waals surface area contributed by atoms with E-state index in [0.717, 1.165) is 42.5 Å². The standard InChI is InChI=1S/C20H24N2O2/c1-14-13-16(14)19-9-7-15(24-19)8-10-20(23)22-12-4-6-18(22)17-5-2-3-11-21-17/h2-3,5,7,9,11,14,16,18H,4,6,8,10,12-13H2,1H3/t14-,16+,18-/m1/s1. The molecule has 3 heterocycles. The summed E-state index contributed by atoms with van der Waals surface area (Å²) < 4.78 is 5.92. The van der Waals surface area contributed by atoms with Crippen LogP contribution in [-0.4, -0.2) is 22.3 Å². The van der Waals surface area contributed by atoms with E-state index in [2.05, 4.69) is 18.0 Å². The summed E-state index contributed by atoms with van der Waals surface area (Å²) in [7, 11) is 0. The summed E-state index contributed by atoms with van der Waals surface area (Å²) in [6, 6.07) is 10.2. The normalized spacial score (nSPS) is 25.9. The number of pyridine rings is 1. The van der Waals surface area contributed by atoms with Crippen LogP contribution >= 0.6 is 0 Å². The summed E-state index contributed by atoms with van der Waals surface area (Å²) in [5, 5.41) is 0. The Balaban J connectivity index is 1.36. The van der Waals surface area contributed by atoms with Gasteiger partial charge in [0, 0.05) is 31.5 Å². The molecule has 126 valence electrons. The van der Waals surface area contributed by atoms with Crippen molar-refractivity contribution < 1.29 is 9.21 Å². The third-order valence-electron chi connectivity index (χ3n) is 5.34. The van der Waals surface area contributed by atoms with Gasteiger partial charge in [0.15, 0.2) is 0 Å². The Bertz CT molecular complexity index is 709. The highest BCUT2D eigenvalue weighted by atomic mass is 16.3. The highest BCUT2D eigenvalue weighted by molar-refractivity contribution is 5.77. The fourth-order valence-electron chi connectivity index (χ4n) is 3.77. The Morgan fingerprint density at radius 1 is 1.33 bits per heavy atom. The number of carbonyl (C=O) groups excluding carboxylic acids is 1. The van der Waals surface area contributed by atoms with Crippen LogP contribution in [0.2, 0.25) is 0 Å². The van der Waals surface area contributed by atoms with Crippen molar-refractivity contribution >= 4 is 5.91 Å². The van der Waals surface area contributed by atoms with Crippen LogP contribution in [0.5, 0.6) is 0 Å². The molecule has 0 aromatic carbocycles. The summed E-state index contributed by atoms with van der Waals surface area (Å²) in [4.78, 5) is 19.1.